The molecule has 5 rings (SSSR count). The van der Waals surface area contributed by atoms with Gasteiger partial charge in [-0.2, -0.15) is 0 Å². The van der Waals surface area contributed by atoms with Crippen LogP contribution in [0, 0.1) is 0 Å². The van der Waals surface area contributed by atoms with Gasteiger partial charge >= 0.3 is 0 Å². The van der Waals surface area contributed by atoms with Crippen LogP contribution in [0.5, 0.6) is 0 Å². The molecule has 6 nitrogen and oxygen atoms in total. The van der Waals surface area contributed by atoms with Crippen molar-refractivity contribution in [3.8, 4) is 5.82 Å². The van der Waals surface area contributed by atoms with Crippen molar-refractivity contribution in [1.82, 2.24) is 14.5 Å². The highest BCUT2D eigenvalue weighted by molar-refractivity contribution is 7.94. The predicted octanol–water partition coefficient (Wildman–Crippen LogP) is 5.41. The van der Waals surface area contributed by atoms with Crippen molar-refractivity contribution >= 4 is 26.9 Å². The number of sulfonamides is 1. The van der Waals surface area contributed by atoms with Gasteiger partial charge in [-0.25, -0.2) is 13.4 Å². The molecule has 0 spiro atoms. The first-order chi connectivity index (χ1) is 15.6. The standard InChI is InChI=1S/C25H19N4O2S/c30-32(31,21-11-5-2-6-12-21)28-24-25(27-23-14-8-7-13-22(23)26-24)29-16-15-20(18-29)17-19-9-3-1-4-10-19/h1-16,18H,17H2/q-1. The first-order valence-electron chi connectivity index (χ1n) is 10.1. The predicted molar refractivity (Wildman–Crippen MR) is 125 cm³/mol. The third-order valence-corrected chi connectivity index (χ3v) is 6.31. The number of fused-ring (bicyclic) bond motifs is 1. The molecular weight excluding hydrogens is 420 g/mol. The highest BCUT2D eigenvalue weighted by Crippen LogP contribution is 2.32. The van der Waals surface area contributed by atoms with Gasteiger partial charge < -0.3 is 14.3 Å². The van der Waals surface area contributed by atoms with Crippen LogP contribution >= 0.6 is 0 Å². The second-order valence-corrected chi connectivity index (χ2v) is 8.93. The summed E-state index contributed by atoms with van der Waals surface area (Å²) in [6, 6.07) is 27.6. The summed E-state index contributed by atoms with van der Waals surface area (Å²) < 4.78 is 31.7. The summed E-state index contributed by atoms with van der Waals surface area (Å²) in [6.45, 7) is 0. The Labute approximate surface area is 186 Å². The number of benzene rings is 3. The van der Waals surface area contributed by atoms with E-state index in [1.165, 1.54) is 17.7 Å². The van der Waals surface area contributed by atoms with Crippen LogP contribution < -0.4 is 0 Å². The molecule has 158 valence electrons. The molecule has 0 aliphatic heterocycles. The average molecular weight is 440 g/mol. The topological polar surface area (TPSA) is 79.0 Å². The van der Waals surface area contributed by atoms with Gasteiger partial charge in [0.25, 0.3) is 0 Å². The lowest BCUT2D eigenvalue weighted by Crippen LogP contribution is -2.03. The molecule has 0 N–H and O–H groups in total. The minimum Gasteiger partial charge on any atom is -0.431 e. The molecule has 2 heterocycles. The summed E-state index contributed by atoms with van der Waals surface area (Å²) in [4.78, 5) is 9.32. The maximum atomic E-state index is 12.9. The molecule has 0 aliphatic carbocycles. The fraction of sp³-hybridized carbons (Fsp3) is 0.0400. The Balaban J connectivity index is 1.56. The lowest BCUT2D eigenvalue weighted by molar-refractivity contribution is 0.603. The van der Waals surface area contributed by atoms with Gasteiger partial charge in [0.15, 0.2) is 0 Å². The van der Waals surface area contributed by atoms with E-state index < -0.39 is 10.0 Å². The number of hydrogen-bond donors (Lipinski definition) is 0. The zero-order valence-electron chi connectivity index (χ0n) is 17.0. The number of rotatable bonds is 6. The van der Waals surface area contributed by atoms with E-state index in [1.54, 1.807) is 28.8 Å². The summed E-state index contributed by atoms with van der Waals surface area (Å²) in [7, 11) is -3.95. The van der Waals surface area contributed by atoms with Gasteiger partial charge in [0.1, 0.15) is 5.82 Å². The van der Waals surface area contributed by atoms with Crippen LogP contribution in [0.2, 0.25) is 0 Å². The van der Waals surface area contributed by atoms with E-state index in [2.05, 4.69) is 26.8 Å². The average Bonchev–Trinajstić information content (AvgIpc) is 3.28. The van der Waals surface area contributed by atoms with Crippen LogP contribution in [0.1, 0.15) is 11.1 Å². The molecule has 7 heteroatoms. The van der Waals surface area contributed by atoms with Crippen molar-refractivity contribution in [2.24, 2.45) is 0 Å². The van der Waals surface area contributed by atoms with Crippen molar-refractivity contribution in [2.45, 2.75) is 11.3 Å². The monoisotopic (exact) mass is 439 g/mol. The minimum absolute atomic E-state index is 0.0504. The van der Waals surface area contributed by atoms with E-state index in [4.69, 9.17) is 0 Å². The number of nitrogens with zero attached hydrogens (tertiary/aromatic N) is 4. The van der Waals surface area contributed by atoms with Crippen LogP contribution in [0.25, 0.3) is 21.6 Å². The zero-order valence-corrected chi connectivity index (χ0v) is 17.9. The molecule has 5 aromatic rings. The second kappa shape index (κ2) is 8.28. The van der Waals surface area contributed by atoms with E-state index in [0.717, 1.165) is 12.0 Å². The Morgan fingerprint density at radius 3 is 2.06 bits per heavy atom. The molecule has 0 atom stereocenters. The van der Waals surface area contributed by atoms with E-state index in [9.17, 15) is 8.42 Å². The second-order valence-electron chi connectivity index (χ2n) is 7.33. The molecular formula is C25H19N4O2S-. The lowest BCUT2D eigenvalue weighted by atomic mass is 10.1. The maximum absolute atomic E-state index is 12.9. The molecule has 32 heavy (non-hydrogen) atoms. The fourth-order valence-electron chi connectivity index (χ4n) is 3.48. The number of hydrogen-bond acceptors (Lipinski definition) is 4. The van der Waals surface area contributed by atoms with Gasteiger partial charge in [0, 0.05) is 12.4 Å². The highest BCUT2D eigenvalue weighted by Gasteiger charge is 2.13. The fourth-order valence-corrected chi connectivity index (χ4v) is 4.44. The molecule has 0 radical (unpaired) electrons. The molecule has 0 unspecified atom stereocenters. The summed E-state index contributed by atoms with van der Waals surface area (Å²) in [5.74, 6) is 0.414. The Kier molecular flexibility index (Phi) is 5.17. The van der Waals surface area contributed by atoms with Crippen molar-refractivity contribution in [2.75, 3.05) is 0 Å². The van der Waals surface area contributed by atoms with Gasteiger partial charge in [-0.15, -0.1) is 0 Å². The van der Waals surface area contributed by atoms with Crippen molar-refractivity contribution < 1.29 is 8.42 Å². The lowest BCUT2D eigenvalue weighted by Gasteiger charge is -2.20. The first kappa shape index (κ1) is 20.0. The first-order valence-corrected chi connectivity index (χ1v) is 11.5. The van der Waals surface area contributed by atoms with E-state index in [1.807, 2.05) is 54.9 Å². The Morgan fingerprint density at radius 1 is 0.719 bits per heavy atom. The van der Waals surface area contributed by atoms with Gasteiger partial charge in [0.2, 0.25) is 10.0 Å². The molecule has 0 aliphatic rings. The third-order valence-electron chi connectivity index (χ3n) is 5.03. The van der Waals surface area contributed by atoms with Crippen LogP contribution in [0.3, 0.4) is 0 Å². The van der Waals surface area contributed by atoms with Gasteiger partial charge in [-0.05, 0) is 53.1 Å². The summed E-state index contributed by atoms with van der Waals surface area (Å²) in [5, 5.41) is 0. The Hall–Kier alpha value is -3.97. The molecule has 3 aromatic carbocycles. The normalized spacial score (nSPS) is 11.5. The van der Waals surface area contributed by atoms with Gasteiger partial charge in [0.05, 0.1) is 10.4 Å². The third kappa shape index (κ3) is 4.10. The largest absolute Gasteiger partial charge is 0.431 e. The minimum atomic E-state index is -3.95. The highest BCUT2D eigenvalue weighted by atomic mass is 32.2. The van der Waals surface area contributed by atoms with Crippen LogP contribution in [-0.4, -0.2) is 23.0 Å². The summed E-state index contributed by atoms with van der Waals surface area (Å²) >= 11 is 0. The molecule has 0 bridgehead atoms. The number of aromatic nitrogens is 3. The molecule has 0 saturated heterocycles. The van der Waals surface area contributed by atoms with Crippen LogP contribution in [0.4, 0.5) is 5.82 Å². The van der Waals surface area contributed by atoms with E-state index in [0.29, 0.717) is 16.9 Å². The Bertz CT molecular complexity index is 1480. The van der Waals surface area contributed by atoms with E-state index >= 15 is 0 Å². The summed E-state index contributed by atoms with van der Waals surface area (Å²) in [6.07, 6.45) is 4.54. The molecule has 0 fully saturated rings. The summed E-state index contributed by atoms with van der Waals surface area (Å²) in [5.41, 5.74) is 3.50. The molecule has 0 saturated carbocycles. The zero-order chi connectivity index (χ0) is 22.0. The van der Waals surface area contributed by atoms with Crippen molar-refractivity contribution in [3.63, 3.8) is 0 Å². The molecule has 2 aromatic heterocycles. The smallest absolute Gasteiger partial charge is 0.202 e. The molecule has 0 amide bonds. The van der Waals surface area contributed by atoms with Gasteiger partial charge in [-0.3, -0.25) is 0 Å². The van der Waals surface area contributed by atoms with Crippen LogP contribution in [0.15, 0.2) is 108 Å². The van der Waals surface area contributed by atoms with Crippen LogP contribution in [-0.2, 0) is 16.4 Å². The SMILES string of the molecule is O=S(=O)([N-]c1nc2ccccc2nc1-n1ccc(Cc2ccccc2)c1)c1ccccc1. The van der Waals surface area contributed by atoms with Gasteiger partial charge in [-0.1, -0.05) is 66.7 Å². The Morgan fingerprint density at radius 2 is 1.34 bits per heavy atom. The van der Waals surface area contributed by atoms with E-state index in [-0.39, 0.29) is 10.7 Å². The maximum Gasteiger partial charge on any atom is 0.202 e. The van der Waals surface area contributed by atoms with Crippen molar-refractivity contribution in [3.05, 3.63) is 119 Å². The quantitative estimate of drug-likeness (QED) is 0.355. The number of para-hydroxylation sites is 2. The van der Waals surface area contributed by atoms with Crippen molar-refractivity contribution in [1.29, 1.82) is 0 Å².